The monoisotopic (exact) mass is 467 g/mol. The number of carbonyl (C=O) groups excluding carboxylic acids is 1. The summed E-state index contributed by atoms with van der Waals surface area (Å²) in [4.78, 5) is 23.6. The molecule has 3 rings (SSSR count). The third-order valence-electron chi connectivity index (χ3n) is 4.55. The first kappa shape index (κ1) is 22.7. The molecular weight excluding hydrogens is 449 g/mol. The molecule has 2 N–H and O–H groups in total. The highest BCUT2D eigenvalue weighted by atomic mass is 35.5. The van der Waals surface area contributed by atoms with Crippen LogP contribution in [0.4, 0.5) is 10.1 Å². The van der Waals surface area contributed by atoms with Gasteiger partial charge in [0.25, 0.3) is 0 Å². The molecule has 164 valence electrons. The first-order chi connectivity index (χ1) is 14.5. The number of carboxylic acid groups (broad SMARTS) is 1. The Hall–Kier alpha value is -2.98. The molecule has 8 nitrogen and oxygen atoms in total. The fraction of sp³-hybridized carbons (Fsp3) is 0.250. The number of nitrogens with one attached hydrogen (secondary N) is 1. The number of carboxylic acids is 1. The van der Waals surface area contributed by atoms with Crippen LogP contribution in [-0.4, -0.2) is 42.4 Å². The molecule has 0 unspecified atom stereocenters. The van der Waals surface area contributed by atoms with E-state index in [-0.39, 0.29) is 23.4 Å². The van der Waals surface area contributed by atoms with Crippen molar-refractivity contribution in [3.05, 3.63) is 64.4 Å². The van der Waals surface area contributed by atoms with Gasteiger partial charge in [-0.2, -0.15) is 5.10 Å². The van der Waals surface area contributed by atoms with Gasteiger partial charge in [-0.15, -0.1) is 0 Å². The Morgan fingerprint density at radius 2 is 1.97 bits per heavy atom. The van der Waals surface area contributed by atoms with Gasteiger partial charge in [-0.1, -0.05) is 29.8 Å². The van der Waals surface area contributed by atoms with Gasteiger partial charge in [0.15, 0.2) is 0 Å². The van der Waals surface area contributed by atoms with Crippen LogP contribution < -0.4 is 4.72 Å². The summed E-state index contributed by atoms with van der Waals surface area (Å²) in [6.07, 6.45) is 0.420. The van der Waals surface area contributed by atoms with Gasteiger partial charge < -0.3 is 5.11 Å². The normalized spacial score (nSPS) is 16.2. The molecule has 1 aliphatic rings. The van der Waals surface area contributed by atoms with Crippen LogP contribution in [0.1, 0.15) is 36.4 Å². The third-order valence-corrected chi connectivity index (χ3v) is 5.49. The van der Waals surface area contributed by atoms with Crippen LogP contribution in [0.25, 0.3) is 0 Å². The number of amides is 1. The van der Waals surface area contributed by atoms with Crippen molar-refractivity contribution in [2.75, 3.05) is 11.0 Å². The molecule has 1 amide bonds. The van der Waals surface area contributed by atoms with Gasteiger partial charge in [-0.25, -0.2) is 17.8 Å². The molecule has 0 aliphatic carbocycles. The Morgan fingerprint density at radius 1 is 1.26 bits per heavy atom. The van der Waals surface area contributed by atoms with Crippen LogP contribution in [0.3, 0.4) is 0 Å². The predicted molar refractivity (Wildman–Crippen MR) is 114 cm³/mol. The topological polar surface area (TPSA) is 116 Å². The summed E-state index contributed by atoms with van der Waals surface area (Å²) in [7, 11) is -3.50. The van der Waals surface area contributed by atoms with Crippen molar-refractivity contribution in [1.82, 2.24) is 5.01 Å². The first-order valence-corrected chi connectivity index (χ1v) is 11.5. The third kappa shape index (κ3) is 5.59. The smallest absolute Gasteiger partial charge is 0.303 e. The number of hydrogen-bond acceptors (Lipinski definition) is 5. The number of benzene rings is 2. The molecule has 1 aliphatic heterocycles. The van der Waals surface area contributed by atoms with Crippen molar-refractivity contribution in [3.8, 4) is 0 Å². The Balaban J connectivity index is 1.99. The number of rotatable bonds is 7. The number of carbonyl (C=O) groups is 2. The Kier molecular flexibility index (Phi) is 6.61. The lowest BCUT2D eigenvalue weighted by Gasteiger charge is -2.23. The van der Waals surface area contributed by atoms with E-state index in [9.17, 15) is 22.4 Å². The van der Waals surface area contributed by atoms with Crippen LogP contribution >= 0.6 is 11.6 Å². The maximum atomic E-state index is 14.6. The van der Waals surface area contributed by atoms with E-state index in [1.165, 1.54) is 18.2 Å². The molecule has 0 fully saturated rings. The lowest BCUT2D eigenvalue weighted by atomic mass is 9.97. The first-order valence-electron chi connectivity index (χ1n) is 9.18. The Morgan fingerprint density at radius 3 is 2.61 bits per heavy atom. The van der Waals surface area contributed by atoms with Crippen LogP contribution in [0.15, 0.2) is 47.6 Å². The zero-order valence-corrected chi connectivity index (χ0v) is 18.0. The average molecular weight is 468 g/mol. The van der Waals surface area contributed by atoms with E-state index in [1.807, 2.05) is 0 Å². The summed E-state index contributed by atoms with van der Waals surface area (Å²) >= 11 is 6.20. The van der Waals surface area contributed by atoms with Gasteiger partial charge in [-0.3, -0.25) is 14.3 Å². The van der Waals surface area contributed by atoms with Crippen LogP contribution in [0, 0.1) is 5.82 Å². The van der Waals surface area contributed by atoms with Gasteiger partial charge in [0.05, 0.1) is 24.4 Å². The minimum Gasteiger partial charge on any atom is -0.481 e. The van der Waals surface area contributed by atoms with Crippen molar-refractivity contribution < 1.29 is 27.5 Å². The zero-order valence-electron chi connectivity index (χ0n) is 16.4. The Labute approximate surface area is 183 Å². The van der Waals surface area contributed by atoms with Crippen molar-refractivity contribution in [1.29, 1.82) is 0 Å². The summed E-state index contributed by atoms with van der Waals surface area (Å²) in [5, 5.41) is 14.4. The van der Waals surface area contributed by atoms with E-state index < -0.39 is 40.2 Å². The number of hydrogen-bond donors (Lipinski definition) is 2. The maximum absolute atomic E-state index is 14.6. The second kappa shape index (κ2) is 9.03. The van der Waals surface area contributed by atoms with E-state index in [1.54, 1.807) is 24.3 Å². The summed E-state index contributed by atoms with van der Waals surface area (Å²) in [6.45, 7) is 0. The minimum atomic E-state index is -3.50. The molecule has 0 bridgehead atoms. The molecule has 2 aromatic carbocycles. The fourth-order valence-electron chi connectivity index (χ4n) is 3.27. The van der Waals surface area contributed by atoms with Crippen LogP contribution in [0.5, 0.6) is 0 Å². The number of hydrazone groups is 1. The molecule has 0 spiro atoms. The molecule has 11 heteroatoms. The molecule has 0 radical (unpaired) electrons. The second-order valence-electron chi connectivity index (χ2n) is 6.99. The molecule has 31 heavy (non-hydrogen) atoms. The van der Waals surface area contributed by atoms with Gasteiger partial charge in [0, 0.05) is 29.1 Å². The summed E-state index contributed by atoms with van der Waals surface area (Å²) in [5.74, 6) is -2.35. The highest BCUT2D eigenvalue weighted by Gasteiger charge is 2.36. The number of nitrogens with zero attached hydrogens (tertiary/aromatic N) is 2. The number of aliphatic carboxylic acids is 1. The predicted octanol–water partition coefficient (Wildman–Crippen LogP) is 3.39. The average Bonchev–Trinajstić information content (AvgIpc) is 3.10. The zero-order chi connectivity index (χ0) is 22.8. The molecular formula is C20H19ClFN3O5S. The van der Waals surface area contributed by atoms with Crippen molar-refractivity contribution in [2.24, 2.45) is 5.10 Å². The van der Waals surface area contributed by atoms with Gasteiger partial charge in [0.2, 0.25) is 15.9 Å². The van der Waals surface area contributed by atoms with E-state index in [2.05, 4.69) is 9.82 Å². The lowest BCUT2D eigenvalue weighted by molar-refractivity contribution is -0.141. The maximum Gasteiger partial charge on any atom is 0.303 e. The van der Waals surface area contributed by atoms with Crippen molar-refractivity contribution in [3.63, 3.8) is 0 Å². The summed E-state index contributed by atoms with van der Waals surface area (Å²) in [5.41, 5.74) is 1.32. The van der Waals surface area contributed by atoms with Crippen molar-refractivity contribution >= 4 is 44.9 Å². The molecule has 1 heterocycles. The molecule has 2 aromatic rings. The van der Waals surface area contributed by atoms with Gasteiger partial charge in [0.1, 0.15) is 5.82 Å². The van der Waals surface area contributed by atoms with Crippen LogP contribution in [-0.2, 0) is 19.6 Å². The fourth-order valence-corrected chi connectivity index (χ4v) is 4.12. The summed E-state index contributed by atoms with van der Waals surface area (Å²) < 4.78 is 40.0. The second-order valence-corrected chi connectivity index (χ2v) is 9.14. The van der Waals surface area contributed by atoms with E-state index in [4.69, 9.17) is 16.7 Å². The molecule has 0 aromatic heterocycles. The standard InChI is InChI=1S/C20H19ClFN3O5S/c1-31(29,30)24-13-5-2-4-12(10-13)16-11-17(20-14(21)6-3-7-15(20)22)25(23-16)18(26)8-9-19(27)28/h2-7,10,17,24H,8-9,11H2,1H3,(H,27,28)/t17-/m1/s1. The molecule has 0 saturated carbocycles. The molecule has 0 saturated heterocycles. The van der Waals surface area contributed by atoms with Crippen LogP contribution in [0.2, 0.25) is 5.02 Å². The largest absolute Gasteiger partial charge is 0.481 e. The Bertz CT molecular complexity index is 1150. The highest BCUT2D eigenvalue weighted by molar-refractivity contribution is 7.92. The van der Waals surface area contributed by atoms with Crippen molar-refractivity contribution in [2.45, 2.75) is 25.3 Å². The quantitative estimate of drug-likeness (QED) is 0.647. The minimum absolute atomic E-state index is 0.0806. The summed E-state index contributed by atoms with van der Waals surface area (Å²) in [6, 6.07) is 9.69. The number of anilines is 1. The van der Waals surface area contributed by atoms with Gasteiger partial charge in [-0.05, 0) is 29.8 Å². The van der Waals surface area contributed by atoms with E-state index >= 15 is 0 Å². The molecule has 1 atom stereocenters. The van der Waals surface area contributed by atoms with Gasteiger partial charge >= 0.3 is 5.97 Å². The SMILES string of the molecule is CS(=O)(=O)Nc1cccc(C2=NN(C(=O)CCC(=O)O)[C@@H](c3c(F)cccc3Cl)C2)c1. The lowest BCUT2D eigenvalue weighted by Crippen LogP contribution is -2.28. The van der Waals surface area contributed by atoms with E-state index in [0.29, 0.717) is 17.0 Å². The number of halogens is 2. The number of sulfonamides is 1. The highest BCUT2D eigenvalue weighted by Crippen LogP contribution is 2.38. The van der Waals surface area contributed by atoms with E-state index in [0.717, 1.165) is 11.3 Å².